The molecule has 1 rings (SSSR count). The highest BCUT2D eigenvalue weighted by molar-refractivity contribution is 8.13. The standard InChI is InChI=1S/C8H13ClF2O2S/c1-7(6-14(9,12)13)3-2-4-8(10,11)5-7/h2-6H2,1H3. The van der Waals surface area contributed by atoms with Crippen molar-refractivity contribution in [2.45, 2.75) is 38.5 Å². The van der Waals surface area contributed by atoms with E-state index < -0.39 is 20.4 Å². The first-order valence-electron chi connectivity index (χ1n) is 4.42. The maximum absolute atomic E-state index is 13.0. The van der Waals surface area contributed by atoms with E-state index in [-0.39, 0.29) is 18.6 Å². The fourth-order valence-corrected chi connectivity index (χ4v) is 3.98. The Bertz CT molecular complexity index is 315. The Hall–Kier alpha value is 0.1000. The van der Waals surface area contributed by atoms with E-state index in [4.69, 9.17) is 10.7 Å². The maximum Gasteiger partial charge on any atom is 0.248 e. The van der Waals surface area contributed by atoms with Crippen molar-refractivity contribution in [1.82, 2.24) is 0 Å². The molecule has 0 spiro atoms. The summed E-state index contributed by atoms with van der Waals surface area (Å²) in [7, 11) is 1.38. The highest BCUT2D eigenvalue weighted by atomic mass is 35.7. The molecule has 0 aromatic carbocycles. The molecule has 2 nitrogen and oxygen atoms in total. The predicted molar refractivity (Wildman–Crippen MR) is 51.2 cm³/mol. The molecule has 0 saturated heterocycles. The Balaban J connectivity index is 2.75. The molecule has 0 aromatic rings. The van der Waals surface area contributed by atoms with Gasteiger partial charge in [0, 0.05) is 23.5 Å². The van der Waals surface area contributed by atoms with Crippen LogP contribution < -0.4 is 0 Å². The average Bonchev–Trinajstić information content (AvgIpc) is 1.75. The third kappa shape index (κ3) is 3.69. The molecule has 0 radical (unpaired) electrons. The summed E-state index contributed by atoms with van der Waals surface area (Å²) in [4.78, 5) is 0. The van der Waals surface area contributed by atoms with Crippen molar-refractivity contribution in [3.05, 3.63) is 0 Å². The van der Waals surface area contributed by atoms with Crippen LogP contribution in [0.25, 0.3) is 0 Å². The van der Waals surface area contributed by atoms with Crippen molar-refractivity contribution in [2.24, 2.45) is 5.41 Å². The molecular formula is C8H13ClF2O2S. The summed E-state index contributed by atoms with van der Waals surface area (Å²) in [6.07, 6.45) is 0.321. The van der Waals surface area contributed by atoms with Gasteiger partial charge in [0.2, 0.25) is 15.0 Å². The molecule has 6 heteroatoms. The fourth-order valence-electron chi connectivity index (χ4n) is 2.11. The van der Waals surface area contributed by atoms with Crippen LogP contribution in [-0.4, -0.2) is 20.1 Å². The van der Waals surface area contributed by atoms with Gasteiger partial charge in [-0.05, 0) is 18.3 Å². The lowest BCUT2D eigenvalue weighted by Crippen LogP contribution is -2.37. The lowest BCUT2D eigenvalue weighted by atomic mass is 9.75. The van der Waals surface area contributed by atoms with Gasteiger partial charge in [0.15, 0.2) is 0 Å². The second-order valence-electron chi connectivity index (χ2n) is 4.38. The zero-order valence-corrected chi connectivity index (χ0v) is 9.47. The van der Waals surface area contributed by atoms with Crippen molar-refractivity contribution >= 4 is 19.7 Å². The first-order valence-corrected chi connectivity index (χ1v) is 6.90. The van der Waals surface area contributed by atoms with Crippen LogP contribution in [0.3, 0.4) is 0 Å². The molecule has 0 N–H and O–H groups in total. The third-order valence-electron chi connectivity index (χ3n) is 2.53. The van der Waals surface area contributed by atoms with Crippen molar-refractivity contribution in [2.75, 3.05) is 5.75 Å². The third-order valence-corrected chi connectivity index (χ3v) is 3.90. The second kappa shape index (κ2) is 3.59. The second-order valence-corrected chi connectivity index (χ2v) is 7.16. The van der Waals surface area contributed by atoms with Gasteiger partial charge in [-0.2, -0.15) is 0 Å². The quantitative estimate of drug-likeness (QED) is 0.702. The summed E-state index contributed by atoms with van der Waals surface area (Å²) in [6.45, 7) is 1.56. The van der Waals surface area contributed by atoms with Crippen molar-refractivity contribution in [1.29, 1.82) is 0 Å². The van der Waals surface area contributed by atoms with E-state index in [0.717, 1.165) is 0 Å². The van der Waals surface area contributed by atoms with Gasteiger partial charge in [-0.25, -0.2) is 17.2 Å². The summed E-state index contributed by atoms with van der Waals surface area (Å²) in [5.74, 6) is -3.11. The van der Waals surface area contributed by atoms with Gasteiger partial charge in [-0.15, -0.1) is 0 Å². The number of rotatable bonds is 2. The van der Waals surface area contributed by atoms with E-state index in [1.165, 1.54) is 0 Å². The van der Waals surface area contributed by atoms with Crippen LogP contribution in [0, 0.1) is 5.41 Å². The highest BCUT2D eigenvalue weighted by Gasteiger charge is 2.44. The molecule has 1 unspecified atom stereocenters. The molecule has 0 bridgehead atoms. The minimum Gasteiger partial charge on any atom is -0.212 e. The fraction of sp³-hybridized carbons (Fsp3) is 1.00. The highest BCUT2D eigenvalue weighted by Crippen LogP contribution is 2.45. The van der Waals surface area contributed by atoms with Crippen LogP contribution in [0.4, 0.5) is 8.78 Å². The van der Waals surface area contributed by atoms with Crippen LogP contribution in [0.1, 0.15) is 32.6 Å². The molecule has 0 amide bonds. The molecule has 0 heterocycles. The lowest BCUT2D eigenvalue weighted by Gasteiger charge is -2.36. The van der Waals surface area contributed by atoms with E-state index in [9.17, 15) is 17.2 Å². The Labute approximate surface area is 87.1 Å². The van der Waals surface area contributed by atoms with Crippen LogP contribution in [0.5, 0.6) is 0 Å². The largest absolute Gasteiger partial charge is 0.248 e. The van der Waals surface area contributed by atoms with E-state index >= 15 is 0 Å². The summed E-state index contributed by atoms with van der Waals surface area (Å²) in [5.41, 5.74) is -0.873. The molecular weight excluding hydrogens is 234 g/mol. The van der Waals surface area contributed by atoms with E-state index in [1.54, 1.807) is 6.92 Å². The SMILES string of the molecule is CC1(CS(=O)(=O)Cl)CCCC(F)(F)C1. The minimum atomic E-state index is -3.69. The number of alkyl halides is 2. The van der Waals surface area contributed by atoms with Gasteiger partial charge in [0.05, 0.1) is 5.75 Å². The van der Waals surface area contributed by atoms with Crippen LogP contribution in [0.2, 0.25) is 0 Å². The Kier molecular flexibility index (Phi) is 3.12. The molecule has 0 aromatic heterocycles. The Morgan fingerprint density at radius 2 is 1.93 bits per heavy atom. The molecule has 1 saturated carbocycles. The zero-order valence-electron chi connectivity index (χ0n) is 7.89. The average molecular weight is 247 g/mol. The minimum absolute atomic E-state index is 0.148. The normalized spacial score (nSPS) is 32.9. The van der Waals surface area contributed by atoms with Crippen LogP contribution in [-0.2, 0) is 9.05 Å². The zero-order chi connectivity index (χ0) is 11.0. The van der Waals surface area contributed by atoms with Gasteiger partial charge < -0.3 is 0 Å². The molecule has 14 heavy (non-hydrogen) atoms. The molecule has 84 valence electrons. The summed E-state index contributed by atoms with van der Waals surface area (Å²) < 4.78 is 47.7. The van der Waals surface area contributed by atoms with E-state index in [1.807, 2.05) is 0 Å². The van der Waals surface area contributed by atoms with Crippen LogP contribution >= 0.6 is 10.7 Å². The monoisotopic (exact) mass is 246 g/mol. The van der Waals surface area contributed by atoms with Crippen molar-refractivity contribution < 1.29 is 17.2 Å². The predicted octanol–water partition coefficient (Wildman–Crippen LogP) is 2.77. The van der Waals surface area contributed by atoms with Crippen LogP contribution in [0.15, 0.2) is 0 Å². The van der Waals surface area contributed by atoms with E-state index in [2.05, 4.69) is 0 Å². The van der Waals surface area contributed by atoms with Gasteiger partial charge in [-0.3, -0.25) is 0 Å². The summed E-state index contributed by atoms with van der Waals surface area (Å²) in [5, 5.41) is 0. The van der Waals surface area contributed by atoms with Gasteiger partial charge >= 0.3 is 0 Å². The molecule has 0 aliphatic heterocycles. The van der Waals surface area contributed by atoms with Crippen molar-refractivity contribution in [3.8, 4) is 0 Å². The number of hydrogen-bond acceptors (Lipinski definition) is 2. The first kappa shape index (κ1) is 12.2. The number of halogens is 3. The number of hydrogen-bond donors (Lipinski definition) is 0. The van der Waals surface area contributed by atoms with Gasteiger partial charge in [0.1, 0.15) is 0 Å². The Morgan fingerprint density at radius 1 is 1.36 bits per heavy atom. The summed E-state index contributed by atoms with van der Waals surface area (Å²) in [6, 6.07) is 0. The lowest BCUT2D eigenvalue weighted by molar-refractivity contribution is -0.0717. The molecule has 1 atom stereocenters. The van der Waals surface area contributed by atoms with Crippen molar-refractivity contribution in [3.63, 3.8) is 0 Å². The topological polar surface area (TPSA) is 34.1 Å². The van der Waals surface area contributed by atoms with Gasteiger partial charge in [-0.1, -0.05) is 6.92 Å². The maximum atomic E-state index is 13.0. The molecule has 1 aliphatic carbocycles. The smallest absolute Gasteiger partial charge is 0.212 e. The first-order chi connectivity index (χ1) is 6.12. The Morgan fingerprint density at radius 3 is 2.36 bits per heavy atom. The summed E-state index contributed by atoms with van der Waals surface area (Å²) >= 11 is 0. The molecule has 1 aliphatic rings. The molecule has 1 fully saturated rings. The van der Waals surface area contributed by atoms with Gasteiger partial charge in [0.25, 0.3) is 0 Å². The van der Waals surface area contributed by atoms with E-state index in [0.29, 0.717) is 12.8 Å².